The molecule has 2 atom stereocenters. The zero-order valence-corrected chi connectivity index (χ0v) is 10.8. The number of hydrogen-bond donors (Lipinski definition) is 2. The second-order valence-corrected chi connectivity index (χ2v) is 5.49. The largest absolute Gasteiger partial charge is 0.392 e. The molecule has 0 saturated heterocycles. The van der Waals surface area contributed by atoms with Crippen molar-refractivity contribution in [2.24, 2.45) is 5.41 Å². The van der Waals surface area contributed by atoms with Gasteiger partial charge in [-0.2, -0.15) is 0 Å². The topological polar surface area (TPSA) is 75.3 Å². The highest BCUT2D eigenvalue weighted by atomic mass is 16.3. The van der Waals surface area contributed by atoms with Gasteiger partial charge in [0.15, 0.2) is 5.82 Å². The molecule has 2 unspecified atom stereocenters. The summed E-state index contributed by atoms with van der Waals surface area (Å²) in [5.74, 6) is 1.56. The number of aliphatic hydroxyl groups is 1. The molecule has 2 N–H and O–H groups in total. The van der Waals surface area contributed by atoms with Crippen LogP contribution in [0.15, 0.2) is 12.4 Å². The third-order valence-corrected chi connectivity index (χ3v) is 4.02. The summed E-state index contributed by atoms with van der Waals surface area (Å²) in [6, 6.07) is 0.211. The molecule has 1 aliphatic carbocycles. The molecule has 18 heavy (non-hydrogen) atoms. The number of nitrogens with one attached hydrogen (secondary N) is 1. The fourth-order valence-electron chi connectivity index (χ4n) is 2.36. The van der Waals surface area contributed by atoms with Crippen LogP contribution in [0, 0.1) is 12.3 Å². The Balaban J connectivity index is 1.92. The van der Waals surface area contributed by atoms with Crippen molar-refractivity contribution in [3.8, 4) is 0 Å². The van der Waals surface area contributed by atoms with E-state index in [9.17, 15) is 5.11 Å². The van der Waals surface area contributed by atoms with Crippen molar-refractivity contribution in [2.75, 3.05) is 5.32 Å². The number of aliphatic hydroxyl groups excluding tert-OH is 1. The van der Waals surface area contributed by atoms with E-state index < -0.39 is 0 Å². The number of nitrogens with zero attached hydrogens (tertiary/aromatic N) is 4. The van der Waals surface area contributed by atoms with Gasteiger partial charge < -0.3 is 10.4 Å². The maximum absolute atomic E-state index is 9.75. The van der Waals surface area contributed by atoms with Gasteiger partial charge in [0, 0.05) is 23.9 Å². The van der Waals surface area contributed by atoms with Crippen LogP contribution in [0.1, 0.15) is 26.1 Å². The molecule has 3 rings (SSSR count). The Labute approximate surface area is 105 Å². The van der Waals surface area contributed by atoms with Crippen molar-refractivity contribution in [2.45, 2.75) is 39.3 Å². The first-order valence-electron chi connectivity index (χ1n) is 6.11. The molecule has 2 heterocycles. The summed E-state index contributed by atoms with van der Waals surface area (Å²) in [6.07, 6.45) is 4.06. The summed E-state index contributed by atoms with van der Waals surface area (Å²) >= 11 is 0. The molecule has 1 aliphatic rings. The third-order valence-electron chi connectivity index (χ3n) is 4.02. The lowest BCUT2D eigenvalue weighted by Gasteiger charge is -2.49. The van der Waals surface area contributed by atoms with E-state index in [1.165, 1.54) is 0 Å². The summed E-state index contributed by atoms with van der Waals surface area (Å²) in [5.41, 5.74) is 0.594. The highest BCUT2D eigenvalue weighted by molar-refractivity contribution is 5.62. The van der Waals surface area contributed by atoms with Crippen molar-refractivity contribution in [1.82, 2.24) is 19.6 Å². The average Bonchev–Trinajstić information content (AvgIpc) is 2.72. The van der Waals surface area contributed by atoms with Gasteiger partial charge in [0.1, 0.15) is 5.82 Å². The molecule has 6 nitrogen and oxygen atoms in total. The van der Waals surface area contributed by atoms with E-state index in [4.69, 9.17) is 0 Å². The molecule has 0 aromatic carbocycles. The first kappa shape index (κ1) is 11.4. The zero-order chi connectivity index (χ0) is 12.9. The molecule has 1 saturated carbocycles. The highest BCUT2D eigenvalue weighted by Gasteiger charge is 2.47. The molecular weight excluding hydrogens is 230 g/mol. The first-order valence-corrected chi connectivity index (χ1v) is 6.11. The predicted molar refractivity (Wildman–Crippen MR) is 67.3 cm³/mol. The van der Waals surface area contributed by atoms with Crippen molar-refractivity contribution < 1.29 is 5.11 Å². The third kappa shape index (κ3) is 1.49. The lowest BCUT2D eigenvalue weighted by Crippen LogP contribution is -2.57. The van der Waals surface area contributed by atoms with Crippen LogP contribution >= 0.6 is 0 Å². The minimum atomic E-state index is -0.255. The van der Waals surface area contributed by atoms with Gasteiger partial charge in [0.2, 0.25) is 5.65 Å². The highest BCUT2D eigenvalue weighted by Crippen LogP contribution is 2.42. The number of aromatic nitrogens is 4. The number of anilines is 1. The van der Waals surface area contributed by atoms with Gasteiger partial charge in [0.05, 0.1) is 6.10 Å². The van der Waals surface area contributed by atoms with Crippen LogP contribution in [0.2, 0.25) is 0 Å². The van der Waals surface area contributed by atoms with E-state index in [-0.39, 0.29) is 17.6 Å². The Morgan fingerprint density at radius 3 is 2.89 bits per heavy atom. The Hall–Kier alpha value is -1.69. The van der Waals surface area contributed by atoms with E-state index in [2.05, 4.69) is 20.5 Å². The molecule has 96 valence electrons. The smallest absolute Gasteiger partial charge is 0.203 e. The number of rotatable bonds is 2. The molecule has 0 amide bonds. The summed E-state index contributed by atoms with van der Waals surface area (Å²) < 4.78 is 1.90. The fourth-order valence-corrected chi connectivity index (χ4v) is 2.36. The lowest BCUT2D eigenvalue weighted by molar-refractivity contribution is -0.0511. The molecule has 0 aliphatic heterocycles. The summed E-state index contributed by atoms with van der Waals surface area (Å²) in [5, 5.41) is 21.3. The Bertz CT molecular complexity index is 591. The maximum atomic E-state index is 9.75. The van der Waals surface area contributed by atoms with E-state index in [0.717, 1.165) is 23.7 Å². The summed E-state index contributed by atoms with van der Waals surface area (Å²) in [6.45, 7) is 6.00. The maximum Gasteiger partial charge on any atom is 0.203 e. The molecule has 0 radical (unpaired) electrons. The van der Waals surface area contributed by atoms with E-state index in [1.54, 1.807) is 6.20 Å². The first-order chi connectivity index (χ1) is 8.50. The van der Waals surface area contributed by atoms with Gasteiger partial charge in [-0.3, -0.25) is 4.40 Å². The van der Waals surface area contributed by atoms with Crippen molar-refractivity contribution in [3.05, 3.63) is 18.2 Å². The Kier molecular flexibility index (Phi) is 2.31. The standard InChI is InChI=1S/C12H17N5O/c1-7-15-16-11-10(13-4-5-17(7)11)14-8-6-9(18)12(8,2)3/h4-5,8-9,18H,6H2,1-3H3,(H,13,14). The van der Waals surface area contributed by atoms with Gasteiger partial charge in [-0.15, -0.1) is 10.2 Å². The van der Waals surface area contributed by atoms with Gasteiger partial charge >= 0.3 is 0 Å². The average molecular weight is 247 g/mol. The fraction of sp³-hybridized carbons (Fsp3) is 0.583. The molecular formula is C12H17N5O. The normalized spacial score (nSPS) is 26.0. The number of aryl methyl sites for hydroxylation is 1. The number of fused-ring (bicyclic) bond motifs is 1. The molecule has 0 bridgehead atoms. The van der Waals surface area contributed by atoms with Gasteiger partial charge in [-0.25, -0.2) is 4.98 Å². The minimum absolute atomic E-state index is 0.135. The second kappa shape index (κ2) is 3.65. The van der Waals surface area contributed by atoms with Gasteiger partial charge in [0.25, 0.3) is 0 Å². The van der Waals surface area contributed by atoms with Crippen molar-refractivity contribution >= 4 is 11.5 Å². The van der Waals surface area contributed by atoms with Crippen LogP contribution in [-0.2, 0) is 0 Å². The quantitative estimate of drug-likeness (QED) is 0.828. The SMILES string of the molecule is Cc1nnc2c(NC3CC(O)C3(C)C)nccn12. The van der Waals surface area contributed by atoms with E-state index in [0.29, 0.717) is 0 Å². The minimum Gasteiger partial charge on any atom is -0.392 e. The summed E-state index contributed by atoms with van der Waals surface area (Å²) in [7, 11) is 0. The molecule has 0 spiro atoms. The zero-order valence-electron chi connectivity index (χ0n) is 10.8. The number of hydrogen-bond acceptors (Lipinski definition) is 5. The Morgan fingerprint density at radius 2 is 2.22 bits per heavy atom. The summed E-state index contributed by atoms with van der Waals surface area (Å²) in [4.78, 5) is 4.32. The lowest BCUT2D eigenvalue weighted by atomic mass is 9.64. The van der Waals surface area contributed by atoms with Crippen LogP contribution in [0.25, 0.3) is 5.65 Å². The van der Waals surface area contributed by atoms with Crippen molar-refractivity contribution in [1.29, 1.82) is 0 Å². The molecule has 2 aromatic heterocycles. The van der Waals surface area contributed by atoms with Crippen LogP contribution in [0.3, 0.4) is 0 Å². The molecule has 2 aromatic rings. The van der Waals surface area contributed by atoms with Gasteiger partial charge in [-0.1, -0.05) is 13.8 Å². The van der Waals surface area contributed by atoms with Gasteiger partial charge in [-0.05, 0) is 13.3 Å². The van der Waals surface area contributed by atoms with Crippen LogP contribution in [-0.4, -0.2) is 36.8 Å². The van der Waals surface area contributed by atoms with Crippen molar-refractivity contribution in [3.63, 3.8) is 0 Å². The van der Waals surface area contributed by atoms with Crippen LogP contribution < -0.4 is 5.32 Å². The van der Waals surface area contributed by atoms with Crippen LogP contribution in [0.5, 0.6) is 0 Å². The molecule has 1 fully saturated rings. The van der Waals surface area contributed by atoms with Crippen LogP contribution in [0.4, 0.5) is 5.82 Å². The second-order valence-electron chi connectivity index (χ2n) is 5.49. The molecule has 6 heteroatoms. The monoisotopic (exact) mass is 247 g/mol. The van der Waals surface area contributed by atoms with E-state index in [1.807, 2.05) is 31.4 Å². The predicted octanol–water partition coefficient (Wildman–Crippen LogP) is 1.00. The Morgan fingerprint density at radius 1 is 1.44 bits per heavy atom. The van der Waals surface area contributed by atoms with E-state index >= 15 is 0 Å².